The molecule has 20 heavy (non-hydrogen) atoms. The number of thiophene rings is 1. The molecule has 0 unspecified atom stereocenters. The van der Waals surface area contributed by atoms with E-state index in [1.165, 1.54) is 0 Å². The Morgan fingerprint density at radius 3 is 2.25 bits per heavy atom. The zero-order valence-corrected chi connectivity index (χ0v) is 16.3. The predicted octanol–water partition coefficient (Wildman–Crippen LogP) is 4.30. The van der Waals surface area contributed by atoms with Crippen LogP contribution in [0.15, 0.2) is 41.2 Å². The fourth-order valence-corrected chi connectivity index (χ4v) is 6.47. The molecule has 1 aromatic heterocycles. The Morgan fingerprint density at radius 1 is 1.15 bits per heavy atom. The first kappa shape index (κ1) is 16.4. The lowest BCUT2D eigenvalue weighted by Gasteiger charge is -2.11. The lowest BCUT2D eigenvalue weighted by Crippen LogP contribution is -2.12. The molecule has 1 aromatic carbocycles. The number of nitrogens with one attached hydrogen (secondary N) is 1. The van der Waals surface area contributed by atoms with Crippen LogP contribution in [0.5, 0.6) is 0 Å². The summed E-state index contributed by atoms with van der Waals surface area (Å²) < 4.78 is 29.6. The smallest absolute Gasteiger partial charge is 0.271 e. The minimum atomic E-state index is -3.62. The molecule has 0 aliphatic heterocycles. The van der Waals surface area contributed by atoms with Crippen LogP contribution in [0, 0.1) is 0 Å². The molecule has 0 radical (unpaired) electrons. The van der Waals surface area contributed by atoms with Crippen LogP contribution in [0.25, 0.3) is 0 Å². The second-order valence-corrected chi connectivity index (χ2v) is 9.27. The van der Waals surface area contributed by atoms with E-state index < -0.39 is 10.0 Å². The fraction of sp³-hybridized carbons (Fsp3) is 0.0909. The van der Waals surface area contributed by atoms with E-state index in [9.17, 15) is 8.42 Å². The highest BCUT2D eigenvalue weighted by Gasteiger charge is 2.19. The van der Waals surface area contributed by atoms with Crippen molar-refractivity contribution in [1.29, 1.82) is 0 Å². The monoisotopic (exact) mass is 502 g/mol. The van der Waals surface area contributed by atoms with Crippen molar-refractivity contribution in [3.05, 3.63) is 42.6 Å². The second kappa shape index (κ2) is 6.45. The lowest BCUT2D eigenvalue weighted by molar-refractivity contribution is 0.603. The van der Waals surface area contributed by atoms with Gasteiger partial charge in [-0.2, -0.15) is 0 Å². The molecular weight excluding hydrogens is 496 g/mol. The predicted molar refractivity (Wildman–Crippen MR) is 92.6 cm³/mol. The maximum absolute atomic E-state index is 12.3. The normalized spacial score (nSPS) is 11.6. The van der Waals surface area contributed by atoms with Gasteiger partial charge in [0.05, 0.1) is 5.69 Å². The Balaban J connectivity index is 2.38. The molecule has 9 heteroatoms. The SMILES string of the molecule is NCc1csc(S(=O)(=O)Nc2c(Br)cc(Br)cc2Br)c1. The molecule has 0 spiro atoms. The third-order valence-corrected chi connectivity index (χ3v) is 6.92. The van der Waals surface area contributed by atoms with Crippen molar-refractivity contribution in [2.75, 3.05) is 4.72 Å². The van der Waals surface area contributed by atoms with Gasteiger partial charge in [-0.3, -0.25) is 4.72 Å². The number of anilines is 1. The molecular formula is C11H9Br3N2O2S2. The number of hydrogen-bond acceptors (Lipinski definition) is 4. The van der Waals surface area contributed by atoms with Crippen LogP contribution in [-0.4, -0.2) is 8.42 Å². The van der Waals surface area contributed by atoms with E-state index in [-0.39, 0.29) is 4.21 Å². The summed E-state index contributed by atoms with van der Waals surface area (Å²) in [5.41, 5.74) is 6.75. The second-order valence-electron chi connectivity index (χ2n) is 3.83. The Hall–Kier alpha value is 0.0700. The zero-order valence-electron chi connectivity index (χ0n) is 9.86. The van der Waals surface area contributed by atoms with E-state index in [0.717, 1.165) is 21.4 Å². The molecule has 1 heterocycles. The van der Waals surface area contributed by atoms with E-state index in [0.29, 0.717) is 21.2 Å². The molecule has 2 aromatic rings. The van der Waals surface area contributed by atoms with Gasteiger partial charge >= 0.3 is 0 Å². The first-order valence-electron chi connectivity index (χ1n) is 5.28. The van der Waals surface area contributed by atoms with E-state index in [1.807, 2.05) is 0 Å². The van der Waals surface area contributed by atoms with E-state index >= 15 is 0 Å². The minimum Gasteiger partial charge on any atom is -0.326 e. The van der Waals surface area contributed by atoms with Crippen molar-refractivity contribution < 1.29 is 8.42 Å². The summed E-state index contributed by atoms with van der Waals surface area (Å²) in [5.74, 6) is 0. The van der Waals surface area contributed by atoms with Crippen LogP contribution in [0.2, 0.25) is 0 Å². The molecule has 0 atom stereocenters. The summed E-state index contributed by atoms with van der Waals surface area (Å²) in [6, 6.07) is 5.11. The largest absolute Gasteiger partial charge is 0.326 e. The Labute approximate surface area is 146 Å². The van der Waals surface area contributed by atoms with Crippen LogP contribution in [0.1, 0.15) is 5.56 Å². The summed E-state index contributed by atoms with van der Waals surface area (Å²) in [5, 5.41) is 1.74. The highest BCUT2D eigenvalue weighted by atomic mass is 79.9. The van der Waals surface area contributed by atoms with Gasteiger partial charge in [-0.1, -0.05) is 15.9 Å². The molecule has 0 amide bonds. The van der Waals surface area contributed by atoms with Crippen molar-refractivity contribution in [1.82, 2.24) is 0 Å². The standard InChI is InChI=1S/C11H9Br3N2O2S2/c12-7-2-8(13)11(9(14)3-7)16-20(17,18)10-1-6(4-15)5-19-10/h1-3,5,16H,4,15H2. The zero-order chi connectivity index (χ0) is 14.9. The molecule has 0 saturated carbocycles. The topological polar surface area (TPSA) is 72.2 Å². The number of sulfonamides is 1. The number of halogens is 3. The van der Waals surface area contributed by atoms with Gasteiger partial charge in [-0.15, -0.1) is 11.3 Å². The fourth-order valence-electron chi connectivity index (χ4n) is 1.43. The highest BCUT2D eigenvalue weighted by Crippen LogP contribution is 2.36. The molecule has 2 rings (SSSR count). The molecule has 4 nitrogen and oxygen atoms in total. The Morgan fingerprint density at radius 2 is 1.75 bits per heavy atom. The molecule has 108 valence electrons. The van der Waals surface area contributed by atoms with Crippen LogP contribution >= 0.6 is 59.1 Å². The summed E-state index contributed by atoms with van der Waals surface area (Å²) in [7, 11) is -3.62. The van der Waals surface area contributed by atoms with Gasteiger partial charge in [-0.05, 0) is 61.0 Å². The van der Waals surface area contributed by atoms with Crippen molar-refractivity contribution in [2.45, 2.75) is 10.8 Å². The van der Waals surface area contributed by atoms with Gasteiger partial charge in [0.15, 0.2) is 0 Å². The van der Waals surface area contributed by atoms with E-state index in [1.54, 1.807) is 23.6 Å². The summed E-state index contributed by atoms with van der Waals surface area (Å²) in [4.78, 5) is 0. The summed E-state index contributed by atoms with van der Waals surface area (Å²) >= 11 is 11.2. The maximum Gasteiger partial charge on any atom is 0.271 e. The molecule has 0 aliphatic rings. The molecule has 0 aliphatic carbocycles. The van der Waals surface area contributed by atoms with Gasteiger partial charge in [-0.25, -0.2) is 8.42 Å². The average Bonchev–Trinajstić information content (AvgIpc) is 2.83. The number of rotatable bonds is 4. The average molecular weight is 505 g/mol. The number of hydrogen-bond donors (Lipinski definition) is 2. The molecule has 0 fully saturated rings. The van der Waals surface area contributed by atoms with Gasteiger partial charge < -0.3 is 5.73 Å². The third kappa shape index (κ3) is 3.63. The van der Waals surface area contributed by atoms with Crippen LogP contribution in [0.4, 0.5) is 5.69 Å². The van der Waals surface area contributed by atoms with E-state index in [4.69, 9.17) is 5.73 Å². The van der Waals surface area contributed by atoms with Crippen molar-refractivity contribution in [2.24, 2.45) is 5.73 Å². The van der Waals surface area contributed by atoms with Gasteiger partial charge in [0.25, 0.3) is 10.0 Å². The van der Waals surface area contributed by atoms with Crippen molar-refractivity contribution in [3.63, 3.8) is 0 Å². The number of benzene rings is 1. The Kier molecular flexibility index (Phi) is 5.30. The van der Waals surface area contributed by atoms with Crippen molar-refractivity contribution >= 4 is 74.8 Å². The molecule has 0 saturated heterocycles. The quantitative estimate of drug-likeness (QED) is 0.652. The van der Waals surface area contributed by atoms with Crippen molar-refractivity contribution in [3.8, 4) is 0 Å². The van der Waals surface area contributed by atoms with Crippen LogP contribution in [-0.2, 0) is 16.6 Å². The van der Waals surface area contributed by atoms with Gasteiger partial charge in [0.1, 0.15) is 4.21 Å². The van der Waals surface area contributed by atoms with Gasteiger partial charge in [0.2, 0.25) is 0 Å². The lowest BCUT2D eigenvalue weighted by atomic mass is 10.3. The van der Waals surface area contributed by atoms with E-state index in [2.05, 4.69) is 52.5 Å². The minimum absolute atomic E-state index is 0.236. The maximum atomic E-state index is 12.3. The third-order valence-electron chi connectivity index (χ3n) is 2.37. The summed E-state index contributed by atoms with van der Waals surface area (Å²) in [6.07, 6.45) is 0. The first-order chi connectivity index (χ1) is 9.33. The first-order valence-corrected chi connectivity index (χ1v) is 10.0. The van der Waals surface area contributed by atoms with Crippen LogP contribution in [0.3, 0.4) is 0 Å². The highest BCUT2D eigenvalue weighted by molar-refractivity contribution is 9.11. The Bertz CT molecular complexity index is 721. The molecule has 0 bridgehead atoms. The summed E-state index contributed by atoms with van der Waals surface area (Å²) in [6.45, 7) is 0.317. The number of nitrogens with two attached hydrogens (primary N) is 1. The molecule has 3 N–H and O–H groups in total. The van der Waals surface area contributed by atoms with Gasteiger partial charge in [0, 0.05) is 20.0 Å². The van der Waals surface area contributed by atoms with Crippen LogP contribution < -0.4 is 10.5 Å².